The molecule has 124 valence electrons. The largest absolute Gasteiger partial charge is 0.423 e. The minimum absolute atomic E-state index is 0.0390. The summed E-state index contributed by atoms with van der Waals surface area (Å²) in [7, 11) is 0. The highest BCUT2D eigenvalue weighted by molar-refractivity contribution is 5.88. The van der Waals surface area contributed by atoms with Crippen LogP contribution in [-0.2, 0) is 11.0 Å². The van der Waals surface area contributed by atoms with Gasteiger partial charge in [0.25, 0.3) is 5.69 Å². The van der Waals surface area contributed by atoms with E-state index in [1.165, 1.54) is 30.3 Å². The van der Waals surface area contributed by atoms with Crippen LogP contribution in [0.4, 0.5) is 18.9 Å². The van der Waals surface area contributed by atoms with Gasteiger partial charge in [-0.3, -0.25) is 10.1 Å². The van der Waals surface area contributed by atoms with Crippen LogP contribution in [0.3, 0.4) is 0 Å². The van der Waals surface area contributed by atoms with Crippen LogP contribution in [0.15, 0.2) is 54.6 Å². The number of halogens is 3. The van der Waals surface area contributed by atoms with Crippen molar-refractivity contribution >= 4 is 17.7 Å². The summed E-state index contributed by atoms with van der Waals surface area (Å²) in [6, 6.07) is 9.41. The number of rotatable bonds is 4. The number of carbonyl (C=O) groups is 1. The van der Waals surface area contributed by atoms with Crippen LogP contribution in [0.1, 0.15) is 11.1 Å². The molecule has 8 heteroatoms. The highest BCUT2D eigenvalue weighted by Crippen LogP contribution is 2.29. The van der Waals surface area contributed by atoms with Crippen LogP contribution < -0.4 is 4.74 Å². The number of ether oxygens (including phenoxy) is 1. The van der Waals surface area contributed by atoms with E-state index in [9.17, 15) is 28.1 Å². The molecule has 2 rings (SSSR count). The zero-order chi connectivity index (χ0) is 17.7. The second-order valence-corrected chi connectivity index (χ2v) is 4.63. The highest BCUT2D eigenvalue weighted by atomic mass is 19.4. The number of nitro benzene ring substituents is 1. The van der Waals surface area contributed by atoms with Gasteiger partial charge < -0.3 is 4.74 Å². The second-order valence-electron chi connectivity index (χ2n) is 4.63. The Kier molecular flexibility index (Phi) is 4.98. The molecule has 0 saturated heterocycles. The standard InChI is InChI=1S/C16H10F3NO4/c17-16(18,19)12-4-1-3-11(9-12)7-8-15(21)24-14-6-2-5-13(10-14)20(22)23/h1-10H/b8-7+. The van der Waals surface area contributed by atoms with Crippen molar-refractivity contribution in [3.63, 3.8) is 0 Å². The summed E-state index contributed by atoms with van der Waals surface area (Å²) in [5.74, 6) is -0.907. The zero-order valence-electron chi connectivity index (χ0n) is 12.0. The smallest absolute Gasteiger partial charge is 0.416 e. The van der Waals surface area contributed by atoms with Gasteiger partial charge >= 0.3 is 12.1 Å². The molecule has 0 bridgehead atoms. The first-order valence-electron chi connectivity index (χ1n) is 6.57. The Labute approximate surface area is 134 Å². The molecule has 0 aliphatic heterocycles. The predicted octanol–water partition coefficient (Wildman–Crippen LogP) is 4.23. The average molecular weight is 337 g/mol. The van der Waals surface area contributed by atoms with Crippen LogP contribution in [0.5, 0.6) is 5.75 Å². The molecule has 0 aromatic heterocycles. The zero-order valence-corrected chi connectivity index (χ0v) is 12.0. The summed E-state index contributed by atoms with van der Waals surface area (Å²) in [5.41, 5.74) is -0.917. The summed E-state index contributed by atoms with van der Waals surface area (Å²) in [6.07, 6.45) is -2.38. The van der Waals surface area contributed by atoms with Crippen molar-refractivity contribution in [2.75, 3.05) is 0 Å². The summed E-state index contributed by atoms with van der Waals surface area (Å²) >= 11 is 0. The number of hydrogen-bond acceptors (Lipinski definition) is 4. The van der Waals surface area contributed by atoms with E-state index in [-0.39, 0.29) is 17.0 Å². The number of alkyl halides is 3. The lowest BCUT2D eigenvalue weighted by Gasteiger charge is -2.06. The Hall–Kier alpha value is -3.16. The molecule has 0 N–H and O–H groups in total. The van der Waals surface area contributed by atoms with E-state index >= 15 is 0 Å². The quantitative estimate of drug-likeness (QED) is 0.275. The van der Waals surface area contributed by atoms with E-state index in [1.54, 1.807) is 0 Å². The summed E-state index contributed by atoms with van der Waals surface area (Å²) in [6.45, 7) is 0. The molecule has 24 heavy (non-hydrogen) atoms. The van der Waals surface area contributed by atoms with Gasteiger partial charge in [-0.2, -0.15) is 13.2 Å². The SMILES string of the molecule is O=C(/C=C/c1cccc(C(F)(F)F)c1)Oc1cccc([N+](=O)[O-])c1. The van der Waals surface area contributed by atoms with Crippen LogP contribution in [0.25, 0.3) is 6.08 Å². The van der Waals surface area contributed by atoms with Crippen molar-refractivity contribution in [3.8, 4) is 5.75 Å². The molecule has 0 aliphatic carbocycles. The van der Waals surface area contributed by atoms with Crippen molar-refractivity contribution in [1.29, 1.82) is 0 Å². The Morgan fingerprint density at radius 2 is 1.83 bits per heavy atom. The van der Waals surface area contributed by atoms with Crippen LogP contribution in [0.2, 0.25) is 0 Å². The lowest BCUT2D eigenvalue weighted by Crippen LogP contribution is -2.05. The van der Waals surface area contributed by atoms with Gasteiger partial charge in [0, 0.05) is 12.1 Å². The van der Waals surface area contributed by atoms with E-state index in [0.29, 0.717) is 0 Å². The number of hydrogen-bond donors (Lipinski definition) is 0. The van der Waals surface area contributed by atoms with Crippen molar-refractivity contribution in [2.45, 2.75) is 6.18 Å². The van der Waals surface area contributed by atoms with E-state index in [1.807, 2.05) is 0 Å². The number of esters is 1. The summed E-state index contributed by atoms with van der Waals surface area (Å²) in [5, 5.41) is 10.6. The molecular weight excluding hydrogens is 327 g/mol. The number of carbonyl (C=O) groups excluding carboxylic acids is 1. The Morgan fingerprint density at radius 1 is 1.12 bits per heavy atom. The first-order chi connectivity index (χ1) is 11.3. The molecule has 0 radical (unpaired) electrons. The van der Waals surface area contributed by atoms with Gasteiger partial charge in [-0.25, -0.2) is 4.79 Å². The van der Waals surface area contributed by atoms with Gasteiger partial charge in [0.05, 0.1) is 16.6 Å². The van der Waals surface area contributed by atoms with Crippen molar-refractivity contribution in [3.05, 3.63) is 75.8 Å². The maximum absolute atomic E-state index is 12.6. The summed E-state index contributed by atoms with van der Waals surface area (Å²) in [4.78, 5) is 21.6. The molecule has 0 aliphatic rings. The third kappa shape index (κ3) is 4.67. The molecule has 2 aromatic carbocycles. The first-order valence-corrected chi connectivity index (χ1v) is 6.57. The number of nitrogens with zero attached hydrogens (tertiary/aromatic N) is 1. The van der Waals surface area contributed by atoms with Crippen molar-refractivity contribution in [1.82, 2.24) is 0 Å². The molecule has 0 saturated carbocycles. The number of benzene rings is 2. The molecule has 2 aromatic rings. The van der Waals surface area contributed by atoms with Crippen LogP contribution in [-0.4, -0.2) is 10.9 Å². The molecule has 0 atom stereocenters. The molecule has 5 nitrogen and oxygen atoms in total. The van der Waals surface area contributed by atoms with Gasteiger partial charge in [0.15, 0.2) is 0 Å². The Balaban J connectivity index is 2.08. The third-order valence-electron chi connectivity index (χ3n) is 2.87. The molecule has 0 unspecified atom stereocenters. The average Bonchev–Trinajstić information content (AvgIpc) is 2.52. The van der Waals surface area contributed by atoms with Gasteiger partial charge in [-0.05, 0) is 29.8 Å². The molecule has 0 heterocycles. The minimum atomic E-state index is -4.48. The summed E-state index contributed by atoms with van der Waals surface area (Å²) < 4.78 is 42.6. The maximum Gasteiger partial charge on any atom is 0.416 e. The number of nitro groups is 1. The van der Waals surface area contributed by atoms with Gasteiger partial charge in [-0.15, -0.1) is 0 Å². The fourth-order valence-corrected chi connectivity index (χ4v) is 1.79. The van der Waals surface area contributed by atoms with E-state index in [2.05, 4.69) is 0 Å². The Morgan fingerprint density at radius 3 is 2.50 bits per heavy atom. The third-order valence-corrected chi connectivity index (χ3v) is 2.87. The van der Waals surface area contributed by atoms with E-state index in [0.717, 1.165) is 30.4 Å². The van der Waals surface area contributed by atoms with Gasteiger partial charge in [0.2, 0.25) is 0 Å². The lowest BCUT2D eigenvalue weighted by molar-refractivity contribution is -0.384. The lowest BCUT2D eigenvalue weighted by atomic mass is 10.1. The monoisotopic (exact) mass is 337 g/mol. The topological polar surface area (TPSA) is 69.4 Å². The Bertz CT molecular complexity index is 800. The second kappa shape index (κ2) is 6.95. The molecule has 0 fully saturated rings. The fraction of sp³-hybridized carbons (Fsp3) is 0.0625. The van der Waals surface area contributed by atoms with Crippen molar-refractivity contribution < 1.29 is 27.6 Å². The van der Waals surface area contributed by atoms with Crippen molar-refractivity contribution in [2.24, 2.45) is 0 Å². The normalized spacial score (nSPS) is 11.5. The molecular formula is C16H10F3NO4. The molecule has 0 spiro atoms. The van der Waals surface area contributed by atoms with E-state index in [4.69, 9.17) is 4.74 Å². The maximum atomic E-state index is 12.6. The van der Waals surface area contributed by atoms with E-state index < -0.39 is 22.6 Å². The van der Waals surface area contributed by atoms with Crippen LogP contribution >= 0.6 is 0 Å². The predicted molar refractivity (Wildman–Crippen MR) is 79.2 cm³/mol. The fourth-order valence-electron chi connectivity index (χ4n) is 1.79. The van der Waals surface area contributed by atoms with Crippen LogP contribution in [0, 0.1) is 10.1 Å². The highest BCUT2D eigenvalue weighted by Gasteiger charge is 2.30. The minimum Gasteiger partial charge on any atom is -0.423 e. The van der Waals surface area contributed by atoms with Gasteiger partial charge in [-0.1, -0.05) is 18.2 Å². The van der Waals surface area contributed by atoms with Gasteiger partial charge in [0.1, 0.15) is 5.75 Å². The first kappa shape index (κ1) is 17.2. The molecule has 0 amide bonds. The number of non-ortho nitro benzene ring substituents is 1.